The molecule has 0 aliphatic heterocycles. The van der Waals surface area contributed by atoms with Crippen LogP contribution in [0.15, 0.2) is 53.7 Å². The second-order valence-corrected chi connectivity index (χ2v) is 5.22. The predicted molar refractivity (Wildman–Crippen MR) is 93.2 cm³/mol. The molecule has 0 aromatic carbocycles. The average Bonchev–Trinajstić information content (AvgIpc) is 2.65. The van der Waals surface area contributed by atoms with Crippen molar-refractivity contribution in [3.8, 4) is 0 Å². The first-order chi connectivity index (χ1) is 12.6. The van der Waals surface area contributed by atoms with Crippen molar-refractivity contribution in [2.24, 2.45) is 0 Å². The zero-order valence-electron chi connectivity index (χ0n) is 13.5. The first-order valence-corrected chi connectivity index (χ1v) is 7.66. The Balaban J connectivity index is 1.72. The van der Waals surface area contributed by atoms with Crippen LogP contribution in [0.3, 0.4) is 0 Å². The maximum atomic E-state index is 12.3. The van der Waals surface area contributed by atoms with E-state index in [1.54, 1.807) is 36.5 Å². The number of carbonyl (C=O) groups is 1. The van der Waals surface area contributed by atoms with Gasteiger partial charge in [-0.05, 0) is 24.3 Å². The molecule has 3 heterocycles. The third kappa shape index (κ3) is 3.48. The number of rotatable bonds is 6. The van der Waals surface area contributed by atoms with E-state index in [-0.39, 0.29) is 30.5 Å². The Kier molecular flexibility index (Phi) is 4.83. The van der Waals surface area contributed by atoms with Gasteiger partial charge in [0.2, 0.25) is 5.82 Å². The Morgan fingerprint density at radius 1 is 1.23 bits per heavy atom. The number of nitrogens with zero attached hydrogens (tertiary/aromatic N) is 4. The van der Waals surface area contributed by atoms with Crippen LogP contribution in [0.2, 0.25) is 0 Å². The molecule has 2 N–H and O–H groups in total. The van der Waals surface area contributed by atoms with Crippen molar-refractivity contribution in [1.29, 1.82) is 0 Å². The van der Waals surface area contributed by atoms with Crippen molar-refractivity contribution in [3.05, 3.63) is 75.0 Å². The second kappa shape index (κ2) is 7.38. The Morgan fingerprint density at radius 3 is 2.81 bits per heavy atom. The fourth-order valence-corrected chi connectivity index (χ4v) is 2.32. The minimum atomic E-state index is -0.775. The summed E-state index contributed by atoms with van der Waals surface area (Å²) in [6, 6.07) is 8.09. The molecular weight excluding hydrogens is 340 g/mol. The third-order valence-electron chi connectivity index (χ3n) is 3.52. The van der Waals surface area contributed by atoms with Crippen LogP contribution >= 0.6 is 0 Å². The minimum absolute atomic E-state index is 0.137. The zero-order valence-corrected chi connectivity index (χ0v) is 13.5. The number of amides is 1. The van der Waals surface area contributed by atoms with Crippen LogP contribution in [0.4, 0.5) is 11.5 Å². The van der Waals surface area contributed by atoms with Crippen LogP contribution in [-0.4, -0.2) is 38.3 Å². The molecule has 0 radical (unpaired) electrons. The minimum Gasteiger partial charge on any atom is -0.362 e. The van der Waals surface area contributed by atoms with E-state index in [1.165, 1.54) is 12.4 Å². The molecule has 3 rings (SSSR count). The number of anilines is 1. The quantitative estimate of drug-likeness (QED) is 0.381. The molecule has 0 saturated carbocycles. The number of aromatic nitrogens is 3. The van der Waals surface area contributed by atoms with Gasteiger partial charge in [0.05, 0.1) is 10.5 Å². The largest absolute Gasteiger partial charge is 0.376 e. The summed E-state index contributed by atoms with van der Waals surface area (Å²) in [4.78, 5) is 42.6. The Hall–Kier alpha value is -3.82. The molecule has 26 heavy (non-hydrogen) atoms. The molecule has 0 fully saturated rings. The topological polar surface area (TPSA) is 132 Å². The van der Waals surface area contributed by atoms with Gasteiger partial charge in [-0.15, -0.1) is 0 Å². The van der Waals surface area contributed by atoms with Crippen LogP contribution in [0.5, 0.6) is 0 Å². The summed E-state index contributed by atoms with van der Waals surface area (Å²) in [7, 11) is 0. The number of nitrogens with one attached hydrogen (secondary N) is 2. The van der Waals surface area contributed by atoms with Gasteiger partial charge in [-0.1, -0.05) is 6.07 Å². The molecule has 3 aromatic rings. The van der Waals surface area contributed by atoms with Gasteiger partial charge in [0.1, 0.15) is 5.65 Å². The summed E-state index contributed by atoms with van der Waals surface area (Å²) >= 11 is 0. The van der Waals surface area contributed by atoms with Crippen LogP contribution in [0, 0.1) is 10.1 Å². The van der Waals surface area contributed by atoms with E-state index in [2.05, 4.69) is 20.6 Å². The third-order valence-corrected chi connectivity index (χ3v) is 3.52. The van der Waals surface area contributed by atoms with Crippen molar-refractivity contribution < 1.29 is 9.72 Å². The van der Waals surface area contributed by atoms with E-state index in [4.69, 9.17) is 0 Å². The number of nitro groups is 1. The average molecular weight is 354 g/mol. The molecule has 0 unspecified atom stereocenters. The monoisotopic (exact) mass is 354 g/mol. The summed E-state index contributed by atoms with van der Waals surface area (Å²) in [6.45, 7) is 0.336. The lowest BCUT2D eigenvalue weighted by atomic mass is 10.3. The van der Waals surface area contributed by atoms with Gasteiger partial charge in [-0.2, -0.15) is 0 Å². The van der Waals surface area contributed by atoms with Crippen LogP contribution in [0.1, 0.15) is 10.4 Å². The maximum Gasteiger partial charge on any atom is 0.376 e. The molecule has 3 aromatic heterocycles. The number of pyridine rings is 2. The maximum absolute atomic E-state index is 12.3. The number of carbonyl (C=O) groups excluding carboxylic acids is 1. The molecule has 132 valence electrons. The predicted octanol–water partition coefficient (Wildman–Crippen LogP) is 0.840. The Morgan fingerprint density at radius 2 is 2.08 bits per heavy atom. The number of fused-ring (bicyclic) bond motifs is 1. The van der Waals surface area contributed by atoms with Crippen LogP contribution in [-0.2, 0) is 0 Å². The molecule has 0 bridgehead atoms. The highest BCUT2D eigenvalue weighted by Crippen LogP contribution is 2.17. The lowest BCUT2D eigenvalue weighted by Gasteiger charge is -2.09. The summed E-state index contributed by atoms with van der Waals surface area (Å²) in [5.41, 5.74) is -0.736. The molecule has 0 spiro atoms. The van der Waals surface area contributed by atoms with E-state index >= 15 is 0 Å². The number of hydrogen-bond donors (Lipinski definition) is 2. The summed E-state index contributed by atoms with van der Waals surface area (Å²) in [5.74, 6) is -0.456. The van der Waals surface area contributed by atoms with Gasteiger partial charge >= 0.3 is 11.2 Å². The van der Waals surface area contributed by atoms with Crippen LogP contribution < -0.4 is 16.2 Å². The van der Waals surface area contributed by atoms with Crippen molar-refractivity contribution >= 4 is 23.1 Å². The van der Waals surface area contributed by atoms with E-state index in [0.29, 0.717) is 5.56 Å². The normalized spacial score (nSPS) is 10.5. The Labute approximate surface area is 146 Å². The lowest BCUT2D eigenvalue weighted by Crippen LogP contribution is -2.29. The molecule has 10 nitrogen and oxygen atoms in total. The van der Waals surface area contributed by atoms with Crippen LogP contribution in [0.25, 0.3) is 5.65 Å². The highest BCUT2D eigenvalue weighted by Gasteiger charge is 2.23. The van der Waals surface area contributed by atoms with Gasteiger partial charge in [0, 0.05) is 31.7 Å². The van der Waals surface area contributed by atoms with Crippen molar-refractivity contribution in [3.63, 3.8) is 0 Å². The van der Waals surface area contributed by atoms with Crippen molar-refractivity contribution in [2.75, 3.05) is 18.4 Å². The Bertz CT molecular complexity index is 1020. The molecule has 0 atom stereocenters. The number of hydrogen-bond acceptors (Lipinski definition) is 7. The molecule has 0 aliphatic rings. The summed E-state index contributed by atoms with van der Waals surface area (Å²) in [6.07, 6.45) is 4.40. The van der Waals surface area contributed by atoms with Gasteiger partial charge < -0.3 is 10.6 Å². The fourth-order valence-electron chi connectivity index (χ4n) is 2.32. The smallest absolute Gasteiger partial charge is 0.362 e. The highest BCUT2D eigenvalue weighted by molar-refractivity contribution is 5.93. The van der Waals surface area contributed by atoms with Gasteiger partial charge in [-0.25, -0.2) is 4.98 Å². The van der Waals surface area contributed by atoms with Crippen molar-refractivity contribution in [2.45, 2.75) is 0 Å². The van der Waals surface area contributed by atoms with Gasteiger partial charge in [0.25, 0.3) is 5.91 Å². The first-order valence-electron chi connectivity index (χ1n) is 7.66. The SMILES string of the molecule is O=C(NCCNc1nc2ccccn2c(=O)c1[N+](=O)[O-])c1cccnc1. The zero-order chi connectivity index (χ0) is 18.5. The van der Waals surface area contributed by atoms with E-state index < -0.39 is 16.2 Å². The standard InChI is InChI=1S/C16H14N6O4/c23-15(11-4-3-6-17-10-11)19-8-7-18-14-13(22(25)26)16(24)21-9-2-1-5-12(21)20-14/h1-6,9-10,18H,7-8H2,(H,19,23). The van der Waals surface area contributed by atoms with E-state index in [0.717, 1.165) is 4.40 Å². The molecule has 0 saturated heterocycles. The molecule has 1 amide bonds. The molecular formula is C16H14N6O4. The lowest BCUT2D eigenvalue weighted by molar-refractivity contribution is -0.385. The van der Waals surface area contributed by atoms with Gasteiger partial charge in [0.15, 0.2) is 0 Å². The first kappa shape index (κ1) is 17.0. The molecule has 10 heteroatoms. The van der Waals surface area contributed by atoms with Gasteiger partial charge in [-0.3, -0.25) is 29.1 Å². The summed E-state index contributed by atoms with van der Waals surface area (Å²) < 4.78 is 1.10. The molecule has 0 aliphatic carbocycles. The van der Waals surface area contributed by atoms with Crippen molar-refractivity contribution in [1.82, 2.24) is 19.7 Å². The van der Waals surface area contributed by atoms with E-state index in [9.17, 15) is 19.7 Å². The van der Waals surface area contributed by atoms with E-state index in [1.807, 2.05) is 0 Å². The highest BCUT2D eigenvalue weighted by atomic mass is 16.6. The fraction of sp³-hybridized carbons (Fsp3) is 0.125. The second-order valence-electron chi connectivity index (χ2n) is 5.22. The summed E-state index contributed by atoms with van der Waals surface area (Å²) in [5, 5.41) is 16.6.